The van der Waals surface area contributed by atoms with Crippen molar-refractivity contribution in [3.8, 4) is 0 Å². The quantitative estimate of drug-likeness (QED) is 0.798. The van der Waals surface area contributed by atoms with Gasteiger partial charge in [-0.1, -0.05) is 36.4 Å². The maximum absolute atomic E-state index is 11.6. The molecule has 3 N–H and O–H groups in total. The van der Waals surface area contributed by atoms with Crippen LogP contribution in [0, 0.1) is 0 Å². The van der Waals surface area contributed by atoms with E-state index in [0.717, 1.165) is 5.69 Å². The molecule has 0 radical (unpaired) electrons. The minimum absolute atomic E-state index is 0.0340. The summed E-state index contributed by atoms with van der Waals surface area (Å²) in [6.45, 7) is 0.0340. The Morgan fingerprint density at radius 1 is 0.800 bits per heavy atom. The topological polar surface area (TPSA) is 70.2 Å². The van der Waals surface area contributed by atoms with Crippen LogP contribution in [0.25, 0.3) is 0 Å². The number of urea groups is 1. The molecule has 0 spiro atoms. The number of hydrogen-bond acceptors (Lipinski definition) is 3. The van der Waals surface area contributed by atoms with Gasteiger partial charge in [-0.15, -0.1) is 0 Å². The number of amides is 3. The summed E-state index contributed by atoms with van der Waals surface area (Å²) in [6.07, 6.45) is 0. The van der Waals surface area contributed by atoms with Crippen molar-refractivity contribution < 1.29 is 9.59 Å². The predicted molar refractivity (Wildman–Crippen MR) is 78.5 cm³/mol. The number of rotatable bonds is 4. The molecule has 0 aliphatic heterocycles. The molecule has 2 rings (SSSR count). The number of carbonyl (C=O) groups excluding carboxylic acids is 2. The first kappa shape index (κ1) is 13.6. The zero-order valence-electron chi connectivity index (χ0n) is 10.8. The van der Waals surface area contributed by atoms with E-state index in [2.05, 4.69) is 16.0 Å². The highest BCUT2D eigenvalue weighted by atomic mass is 16.2. The van der Waals surface area contributed by atoms with Crippen molar-refractivity contribution in [2.45, 2.75) is 0 Å². The lowest BCUT2D eigenvalue weighted by Crippen LogP contribution is -2.37. The van der Waals surface area contributed by atoms with Crippen molar-refractivity contribution in [2.24, 2.45) is 0 Å². The van der Waals surface area contributed by atoms with Crippen molar-refractivity contribution in [1.29, 1.82) is 0 Å². The third-order valence-corrected chi connectivity index (χ3v) is 2.51. The fraction of sp³-hybridized carbons (Fsp3) is 0.0667. The van der Waals surface area contributed by atoms with Gasteiger partial charge in [0.1, 0.15) is 0 Å². The molecule has 5 heteroatoms. The maximum atomic E-state index is 11.6. The van der Waals surface area contributed by atoms with Crippen LogP contribution in [0.1, 0.15) is 0 Å². The smallest absolute Gasteiger partial charge is 0.325 e. The molecule has 0 aromatic heterocycles. The number of nitrogens with one attached hydrogen (secondary N) is 3. The normalized spacial score (nSPS) is 9.60. The van der Waals surface area contributed by atoms with Crippen LogP contribution in [0.2, 0.25) is 0 Å². The lowest BCUT2D eigenvalue weighted by molar-refractivity contribution is -0.118. The van der Waals surface area contributed by atoms with Gasteiger partial charge >= 0.3 is 6.03 Å². The van der Waals surface area contributed by atoms with E-state index in [1.807, 2.05) is 36.4 Å². The van der Waals surface area contributed by atoms with Gasteiger partial charge in [0, 0.05) is 11.4 Å². The van der Waals surface area contributed by atoms with E-state index < -0.39 is 11.9 Å². The summed E-state index contributed by atoms with van der Waals surface area (Å²) in [4.78, 5) is 23.1. The van der Waals surface area contributed by atoms with Crippen LogP contribution in [-0.4, -0.2) is 18.5 Å². The average molecular weight is 269 g/mol. The van der Waals surface area contributed by atoms with Crippen LogP contribution in [0.4, 0.5) is 16.2 Å². The van der Waals surface area contributed by atoms with Gasteiger partial charge in [0.2, 0.25) is 5.91 Å². The van der Waals surface area contributed by atoms with Crippen LogP contribution in [0.15, 0.2) is 60.7 Å². The summed E-state index contributed by atoms with van der Waals surface area (Å²) in [5.41, 5.74) is 1.46. The number of imide groups is 1. The van der Waals surface area contributed by atoms with Gasteiger partial charge in [0.15, 0.2) is 0 Å². The van der Waals surface area contributed by atoms with Crippen LogP contribution in [0.5, 0.6) is 0 Å². The lowest BCUT2D eigenvalue weighted by atomic mass is 10.3. The molecule has 20 heavy (non-hydrogen) atoms. The summed E-state index contributed by atoms with van der Waals surface area (Å²) < 4.78 is 0. The lowest BCUT2D eigenvalue weighted by Gasteiger charge is -2.08. The van der Waals surface area contributed by atoms with E-state index in [9.17, 15) is 9.59 Å². The molecule has 3 amide bonds. The second kappa shape index (κ2) is 6.94. The number of para-hydroxylation sites is 2. The molecule has 0 bridgehead atoms. The van der Waals surface area contributed by atoms with Gasteiger partial charge in [-0.2, -0.15) is 0 Å². The molecule has 0 heterocycles. The monoisotopic (exact) mass is 269 g/mol. The van der Waals surface area contributed by atoms with Gasteiger partial charge in [0.25, 0.3) is 0 Å². The highest BCUT2D eigenvalue weighted by molar-refractivity contribution is 6.02. The molecule has 0 unspecified atom stereocenters. The summed E-state index contributed by atoms with van der Waals surface area (Å²) in [5, 5.41) is 7.74. The van der Waals surface area contributed by atoms with E-state index in [1.54, 1.807) is 24.3 Å². The summed E-state index contributed by atoms with van der Waals surface area (Å²) in [7, 11) is 0. The van der Waals surface area contributed by atoms with Gasteiger partial charge in [-0.05, 0) is 24.3 Å². The zero-order chi connectivity index (χ0) is 14.2. The molecular formula is C15H15N3O2. The molecule has 0 aliphatic rings. The SMILES string of the molecule is O=C(CNc1ccccc1)NC(=O)Nc1ccccc1. The Morgan fingerprint density at radius 2 is 1.35 bits per heavy atom. The minimum atomic E-state index is -0.545. The number of carbonyl (C=O) groups is 2. The Balaban J connectivity index is 1.75. The fourth-order valence-electron chi connectivity index (χ4n) is 1.59. The Morgan fingerprint density at radius 3 is 1.95 bits per heavy atom. The predicted octanol–water partition coefficient (Wildman–Crippen LogP) is 2.45. The molecule has 0 atom stereocenters. The first-order chi connectivity index (χ1) is 9.74. The van der Waals surface area contributed by atoms with Gasteiger partial charge in [0.05, 0.1) is 6.54 Å². The van der Waals surface area contributed by atoms with E-state index in [4.69, 9.17) is 0 Å². The second-order valence-electron chi connectivity index (χ2n) is 4.09. The van der Waals surface area contributed by atoms with E-state index in [-0.39, 0.29) is 6.54 Å². The van der Waals surface area contributed by atoms with Gasteiger partial charge in [-0.25, -0.2) is 4.79 Å². The van der Waals surface area contributed by atoms with E-state index in [1.165, 1.54) is 0 Å². The Labute approximate surface area is 117 Å². The Hall–Kier alpha value is -2.82. The van der Waals surface area contributed by atoms with Crippen molar-refractivity contribution in [2.75, 3.05) is 17.2 Å². The number of anilines is 2. The molecule has 5 nitrogen and oxygen atoms in total. The average Bonchev–Trinajstić information content (AvgIpc) is 2.47. The molecule has 0 fully saturated rings. The van der Waals surface area contributed by atoms with Crippen LogP contribution in [0.3, 0.4) is 0 Å². The van der Waals surface area contributed by atoms with Crippen LogP contribution in [-0.2, 0) is 4.79 Å². The summed E-state index contributed by atoms with van der Waals surface area (Å²) in [5.74, 6) is -0.401. The zero-order valence-corrected chi connectivity index (χ0v) is 10.8. The third kappa shape index (κ3) is 4.45. The molecule has 2 aromatic carbocycles. The summed E-state index contributed by atoms with van der Waals surface area (Å²) in [6, 6.07) is 17.7. The Bertz CT molecular complexity index is 570. The molecule has 0 saturated heterocycles. The van der Waals surface area contributed by atoms with E-state index >= 15 is 0 Å². The molecular weight excluding hydrogens is 254 g/mol. The standard InChI is InChI=1S/C15H15N3O2/c19-14(11-16-12-7-3-1-4-8-12)18-15(20)17-13-9-5-2-6-10-13/h1-10,16H,11H2,(H2,17,18,19,20). The summed E-state index contributed by atoms with van der Waals surface area (Å²) >= 11 is 0. The first-order valence-corrected chi connectivity index (χ1v) is 6.19. The molecule has 0 saturated carbocycles. The highest BCUT2D eigenvalue weighted by Gasteiger charge is 2.07. The van der Waals surface area contributed by atoms with Crippen LogP contribution < -0.4 is 16.0 Å². The maximum Gasteiger partial charge on any atom is 0.325 e. The third-order valence-electron chi connectivity index (χ3n) is 2.51. The van der Waals surface area contributed by atoms with E-state index in [0.29, 0.717) is 5.69 Å². The number of hydrogen-bond donors (Lipinski definition) is 3. The van der Waals surface area contributed by atoms with Crippen molar-refractivity contribution in [3.05, 3.63) is 60.7 Å². The molecule has 2 aromatic rings. The highest BCUT2D eigenvalue weighted by Crippen LogP contribution is 2.05. The first-order valence-electron chi connectivity index (χ1n) is 6.19. The minimum Gasteiger partial charge on any atom is -0.376 e. The molecule has 0 aliphatic carbocycles. The van der Waals surface area contributed by atoms with Crippen molar-refractivity contribution >= 4 is 23.3 Å². The van der Waals surface area contributed by atoms with Crippen LogP contribution >= 0.6 is 0 Å². The van der Waals surface area contributed by atoms with Crippen molar-refractivity contribution in [3.63, 3.8) is 0 Å². The fourth-order valence-corrected chi connectivity index (χ4v) is 1.59. The van der Waals surface area contributed by atoms with Crippen molar-refractivity contribution in [1.82, 2.24) is 5.32 Å². The largest absolute Gasteiger partial charge is 0.376 e. The molecule has 102 valence electrons. The van der Waals surface area contributed by atoms with Gasteiger partial charge < -0.3 is 10.6 Å². The Kier molecular flexibility index (Phi) is 4.72. The van der Waals surface area contributed by atoms with Gasteiger partial charge in [-0.3, -0.25) is 10.1 Å². The second-order valence-corrected chi connectivity index (χ2v) is 4.09. The number of benzene rings is 2.